The maximum atomic E-state index is 13.0. The first-order valence-electron chi connectivity index (χ1n) is 8.97. The van der Waals surface area contributed by atoms with Crippen LogP contribution in [0, 0.1) is 5.92 Å². The molecular weight excluding hydrogens is 300 g/mol. The summed E-state index contributed by atoms with van der Waals surface area (Å²) in [7, 11) is 0. The Kier molecular flexibility index (Phi) is 4.01. The van der Waals surface area contributed by atoms with E-state index < -0.39 is 0 Å². The summed E-state index contributed by atoms with van der Waals surface area (Å²) >= 11 is 0. The van der Waals surface area contributed by atoms with E-state index in [2.05, 4.69) is 11.9 Å². The summed E-state index contributed by atoms with van der Waals surface area (Å²) < 4.78 is 6.16. The highest BCUT2D eigenvalue weighted by Crippen LogP contribution is 2.38. The summed E-state index contributed by atoms with van der Waals surface area (Å²) in [5, 5.41) is 1.01. The zero-order valence-corrected chi connectivity index (χ0v) is 14.2. The lowest BCUT2D eigenvalue weighted by molar-refractivity contribution is -0.0449. The first kappa shape index (κ1) is 15.6. The second kappa shape index (κ2) is 6.17. The van der Waals surface area contributed by atoms with E-state index in [9.17, 15) is 4.79 Å². The molecule has 0 radical (unpaired) electrons. The standard InChI is InChI=1S/C20H24N2O2/c1-2-15-11-20(24-13-15)8-5-9-22(14-20)19(23)17-10-16-6-3-4-7-18(16)21-12-17/h3-4,6-7,10,12,15H,2,5,8-9,11,13-14H2,1H3/t15-,20+/m0/s1. The van der Waals surface area contributed by atoms with Crippen molar-refractivity contribution in [3.63, 3.8) is 0 Å². The molecule has 4 rings (SSSR count). The molecule has 1 amide bonds. The highest BCUT2D eigenvalue weighted by atomic mass is 16.5. The number of para-hydroxylation sites is 1. The van der Waals surface area contributed by atoms with Crippen molar-refractivity contribution < 1.29 is 9.53 Å². The van der Waals surface area contributed by atoms with Crippen molar-refractivity contribution in [3.05, 3.63) is 42.1 Å². The van der Waals surface area contributed by atoms with E-state index >= 15 is 0 Å². The lowest BCUT2D eigenvalue weighted by Crippen LogP contribution is -2.50. The summed E-state index contributed by atoms with van der Waals surface area (Å²) in [4.78, 5) is 19.4. The lowest BCUT2D eigenvalue weighted by atomic mass is 9.85. The SMILES string of the molecule is CC[C@@H]1CO[C@]2(CCCN(C(=O)c3cnc4ccccc4c3)C2)C1. The Bertz CT molecular complexity index is 760. The van der Waals surface area contributed by atoms with Gasteiger partial charge >= 0.3 is 0 Å². The molecule has 2 aliphatic heterocycles. The van der Waals surface area contributed by atoms with E-state index in [-0.39, 0.29) is 11.5 Å². The summed E-state index contributed by atoms with van der Waals surface area (Å²) in [5.41, 5.74) is 1.49. The molecule has 1 spiro atoms. The number of likely N-dealkylation sites (tertiary alicyclic amines) is 1. The van der Waals surface area contributed by atoms with E-state index in [1.165, 1.54) is 0 Å². The van der Waals surface area contributed by atoms with Gasteiger partial charge in [-0.1, -0.05) is 31.5 Å². The molecule has 2 aliphatic rings. The average molecular weight is 324 g/mol. The van der Waals surface area contributed by atoms with Crippen LogP contribution in [0.1, 0.15) is 43.0 Å². The molecule has 0 aliphatic carbocycles. The number of amides is 1. The third-order valence-corrected chi connectivity index (χ3v) is 5.53. The molecule has 4 nitrogen and oxygen atoms in total. The Morgan fingerprint density at radius 1 is 1.42 bits per heavy atom. The monoisotopic (exact) mass is 324 g/mol. The molecule has 3 heterocycles. The number of aromatic nitrogens is 1. The van der Waals surface area contributed by atoms with Gasteiger partial charge in [-0.05, 0) is 37.3 Å². The first-order valence-corrected chi connectivity index (χ1v) is 8.97. The van der Waals surface area contributed by atoms with Gasteiger partial charge in [0.15, 0.2) is 0 Å². The molecule has 2 fully saturated rings. The molecule has 2 saturated heterocycles. The van der Waals surface area contributed by atoms with Gasteiger partial charge in [0.2, 0.25) is 0 Å². The van der Waals surface area contributed by atoms with Crippen LogP contribution >= 0.6 is 0 Å². The number of hydrogen-bond acceptors (Lipinski definition) is 3. The summed E-state index contributed by atoms with van der Waals surface area (Å²) in [6.07, 6.45) is 6.04. The van der Waals surface area contributed by atoms with E-state index in [1.807, 2.05) is 35.2 Å². The van der Waals surface area contributed by atoms with Crippen molar-refractivity contribution in [2.24, 2.45) is 5.92 Å². The second-order valence-electron chi connectivity index (χ2n) is 7.22. The molecule has 0 saturated carbocycles. The van der Waals surface area contributed by atoms with Gasteiger partial charge in [-0.3, -0.25) is 9.78 Å². The van der Waals surface area contributed by atoms with Crippen LogP contribution in [0.3, 0.4) is 0 Å². The summed E-state index contributed by atoms with van der Waals surface area (Å²) in [5.74, 6) is 0.721. The van der Waals surface area contributed by atoms with Gasteiger partial charge in [0.1, 0.15) is 0 Å². The first-order chi connectivity index (χ1) is 11.7. The molecule has 2 atom stereocenters. The van der Waals surface area contributed by atoms with Gasteiger partial charge in [0.05, 0.1) is 23.3 Å². The van der Waals surface area contributed by atoms with Gasteiger partial charge in [0.25, 0.3) is 5.91 Å². The zero-order valence-electron chi connectivity index (χ0n) is 14.2. The minimum Gasteiger partial charge on any atom is -0.373 e. The number of piperidine rings is 1. The third kappa shape index (κ3) is 2.80. The highest BCUT2D eigenvalue weighted by Gasteiger charge is 2.43. The Hall–Kier alpha value is -1.94. The molecule has 24 heavy (non-hydrogen) atoms. The number of nitrogens with zero attached hydrogens (tertiary/aromatic N) is 2. The highest BCUT2D eigenvalue weighted by molar-refractivity contribution is 5.97. The topological polar surface area (TPSA) is 42.4 Å². The molecule has 126 valence electrons. The van der Waals surface area contributed by atoms with Crippen molar-refractivity contribution in [2.75, 3.05) is 19.7 Å². The fourth-order valence-electron chi connectivity index (χ4n) is 4.13. The van der Waals surface area contributed by atoms with Gasteiger partial charge in [-0.2, -0.15) is 0 Å². The van der Waals surface area contributed by atoms with E-state index in [0.717, 1.165) is 56.3 Å². The number of benzene rings is 1. The molecule has 0 unspecified atom stereocenters. The van der Waals surface area contributed by atoms with Crippen molar-refractivity contribution in [2.45, 2.75) is 38.2 Å². The van der Waals surface area contributed by atoms with Crippen LogP contribution in [-0.2, 0) is 4.74 Å². The molecule has 0 bridgehead atoms. The number of rotatable bonds is 2. The molecule has 0 N–H and O–H groups in total. The number of ether oxygens (including phenoxy) is 1. The largest absolute Gasteiger partial charge is 0.373 e. The van der Waals surface area contributed by atoms with Crippen LogP contribution in [0.2, 0.25) is 0 Å². The number of pyridine rings is 1. The molecule has 1 aromatic heterocycles. The van der Waals surface area contributed by atoms with Gasteiger partial charge in [-0.15, -0.1) is 0 Å². The van der Waals surface area contributed by atoms with Crippen molar-refractivity contribution in [1.29, 1.82) is 0 Å². The smallest absolute Gasteiger partial charge is 0.255 e. The third-order valence-electron chi connectivity index (χ3n) is 5.53. The van der Waals surface area contributed by atoms with Gasteiger partial charge in [0, 0.05) is 24.7 Å². The van der Waals surface area contributed by atoms with Crippen molar-refractivity contribution in [1.82, 2.24) is 9.88 Å². The summed E-state index contributed by atoms with van der Waals surface area (Å²) in [6.45, 7) is 4.60. The van der Waals surface area contributed by atoms with E-state index in [0.29, 0.717) is 11.5 Å². The minimum atomic E-state index is -0.112. The van der Waals surface area contributed by atoms with Gasteiger partial charge < -0.3 is 9.64 Å². The normalized spacial score (nSPS) is 27.0. The summed E-state index contributed by atoms with van der Waals surface area (Å²) in [6, 6.07) is 9.87. The Morgan fingerprint density at radius 3 is 3.12 bits per heavy atom. The van der Waals surface area contributed by atoms with E-state index in [4.69, 9.17) is 4.74 Å². The molecule has 4 heteroatoms. The predicted octanol–water partition coefficient (Wildman–Crippen LogP) is 3.66. The van der Waals surface area contributed by atoms with Crippen molar-refractivity contribution in [3.8, 4) is 0 Å². The zero-order chi connectivity index (χ0) is 16.6. The lowest BCUT2D eigenvalue weighted by Gasteiger charge is -2.39. The fraction of sp³-hybridized carbons (Fsp3) is 0.500. The predicted molar refractivity (Wildman–Crippen MR) is 94.0 cm³/mol. The number of fused-ring (bicyclic) bond motifs is 1. The Morgan fingerprint density at radius 2 is 2.29 bits per heavy atom. The number of carbonyl (C=O) groups is 1. The van der Waals surface area contributed by atoms with Crippen LogP contribution in [0.25, 0.3) is 10.9 Å². The molecular formula is C20H24N2O2. The Balaban J connectivity index is 1.55. The van der Waals surface area contributed by atoms with Crippen LogP contribution in [0.4, 0.5) is 0 Å². The quantitative estimate of drug-likeness (QED) is 0.847. The maximum absolute atomic E-state index is 13.0. The molecule has 1 aromatic carbocycles. The maximum Gasteiger partial charge on any atom is 0.255 e. The Labute approximate surface area is 142 Å². The molecule has 2 aromatic rings. The van der Waals surface area contributed by atoms with Crippen LogP contribution < -0.4 is 0 Å². The van der Waals surface area contributed by atoms with Crippen LogP contribution in [0.15, 0.2) is 36.5 Å². The van der Waals surface area contributed by atoms with Crippen LogP contribution in [0.5, 0.6) is 0 Å². The second-order valence-corrected chi connectivity index (χ2v) is 7.22. The number of carbonyl (C=O) groups excluding carboxylic acids is 1. The minimum absolute atomic E-state index is 0.0795. The fourth-order valence-corrected chi connectivity index (χ4v) is 4.13. The van der Waals surface area contributed by atoms with E-state index in [1.54, 1.807) is 6.20 Å². The van der Waals surface area contributed by atoms with Gasteiger partial charge in [-0.25, -0.2) is 0 Å². The average Bonchev–Trinajstić information content (AvgIpc) is 3.03. The van der Waals surface area contributed by atoms with Crippen LogP contribution in [-0.4, -0.2) is 41.1 Å². The number of hydrogen-bond donors (Lipinski definition) is 0. The van der Waals surface area contributed by atoms with Crippen molar-refractivity contribution >= 4 is 16.8 Å².